The number of hydrogen-bond acceptors (Lipinski definition) is 6. The molecule has 0 spiro atoms. The van der Waals surface area contributed by atoms with Crippen molar-refractivity contribution in [3.8, 4) is 11.4 Å². The smallest absolute Gasteiger partial charge is 0.224 e. The number of ether oxygens (including phenoxy) is 1. The maximum Gasteiger partial charge on any atom is 0.224 e. The van der Waals surface area contributed by atoms with Crippen LogP contribution in [-0.2, 0) is 6.42 Å². The van der Waals surface area contributed by atoms with Crippen molar-refractivity contribution in [2.75, 3.05) is 18.5 Å². The molecule has 1 unspecified atom stereocenters. The zero-order chi connectivity index (χ0) is 24.4. The third kappa shape index (κ3) is 4.95. The van der Waals surface area contributed by atoms with Gasteiger partial charge in [-0.3, -0.25) is 0 Å². The largest absolute Gasteiger partial charge is 0.491 e. The van der Waals surface area contributed by atoms with Crippen LogP contribution in [0.2, 0.25) is 5.28 Å². The Bertz CT molecular complexity index is 1360. The Hall–Kier alpha value is -3.59. The summed E-state index contributed by atoms with van der Waals surface area (Å²) in [5.41, 5.74) is 2.84. The van der Waals surface area contributed by atoms with Crippen LogP contribution in [0.5, 0.6) is 5.75 Å². The van der Waals surface area contributed by atoms with Gasteiger partial charge in [0, 0.05) is 24.1 Å². The third-order valence-electron chi connectivity index (χ3n) is 5.95. The van der Waals surface area contributed by atoms with Crippen molar-refractivity contribution in [3.05, 3.63) is 88.4 Å². The third-order valence-corrected chi connectivity index (χ3v) is 6.12. The van der Waals surface area contributed by atoms with E-state index in [1.807, 2.05) is 31.2 Å². The van der Waals surface area contributed by atoms with Gasteiger partial charge < -0.3 is 10.1 Å². The second-order valence-corrected chi connectivity index (χ2v) is 8.63. The molecule has 0 saturated heterocycles. The molecular weight excluding hydrogens is 474 g/mol. The number of rotatable bonds is 8. The lowest BCUT2D eigenvalue weighted by Crippen LogP contribution is -2.12. The van der Waals surface area contributed by atoms with E-state index in [0.29, 0.717) is 61.1 Å². The molecule has 10 heteroatoms. The monoisotopic (exact) mass is 496 g/mol. The molecule has 4 aromatic rings. The van der Waals surface area contributed by atoms with E-state index in [1.165, 1.54) is 12.1 Å². The summed E-state index contributed by atoms with van der Waals surface area (Å²) in [7, 11) is 0. The lowest BCUT2D eigenvalue weighted by atomic mass is 9.96. The van der Waals surface area contributed by atoms with Gasteiger partial charge in [-0.1, -0.05) is 18.2 Å². The van der Waals surface area contributed by atoms with Crippen LogP contribution in [0.25, 0.3) is 5.69 Å². The van der Waals surface area contributed by atoms with Crippen molar-refractivity contribution in [1.29, 1.82) is 0 Å². The van der Waals surface area contributed by atoms with Crippen LogP contribution in [0, 0.1) is 18.6 Å². The van der Waals surface area contributed by atoms with Gasteiger partial charge in [0.15, 0.2) is 0 Å². The van der Waals surface area contributed by atoms with Crippen molar-refractivity contribution in [3.63, 3.8) is 0 Å². The van der Waals surface area contributed by atoms with Crippen LogP contribution in [0.4, 0.5) is 14.6 Å². The summed E-state index contributed by atoms with van der Waals surface area (Å²) in [6.45, 7) is 2.90. The van der Waals surface area contributed by atoms with Gasteiger partial charge in [0.2, 0.25) is 5.28 Å². The Morgan fingerprint density at radius 3 is 2.83 bits per heavy atom. The minimum absolute atomic E-state index is 0.0916. The highest BCUT2D eigenvalue weighted by molar-refractivity contribution is 6.28. The first kappa shape index (κ1) is 23.2. The normalized spacial score (nSPS) is 14.7. The fourth-order valence-electron chi connectivity index (χ4n) is 4.36. The number of fused-ring (bicyclic) bond motifs is 1. The van der Waals surface area contributed by atoms with E-state index in [-0.39, 0.29) is 11.2 Å². The number of hydrogen-bond donors (Lipinski definition) is 1. The van der Waals surface area contributed by atoms with Crippen LogP contribution < -0.4 is 10.1 Å². The van der Waals surface area contributed by atoms with Gasteiger partial charge in [-0.2, -0.15) is 5.10 Å². The first-order valence-corrected chi connectivity index (χ1v) is 11.7. The molecule has 180 valence electrons. The molecular formula is C25H23ClF2N6O. The van der Waals surface area contributed by atoms with E-state index in [1.54, 1.807) is 11.0 Å². The molecule has 2 aromatic heterocycles. The number of nitrogens with one attached hydrogen (secondary N) is 1. The highest BCUT2D eigenvalue weighted by atomic mass is 35.5. The molecule has 1 aliphatic rings. The quantitative estimate of drug-likeness (QED) is 0.265. The Morgan fingerprint density at radius 2 is 2.03 bits per heavy atom. The highest BCUT2D eigenvalue weighted by Gasteiger charge is 2.31. The summed E-state index contributed by atoms with van der Waals surface area (Å²) in [4.78, 5) is 12.9. The van der Waals surface area contributed by atoms with Crippen LogP contribution in [0.1, 0.15) is 41.4 Å². The summed E-state index contributed by atoms with van der Waals surface area (Å²) in [6, 6.07) is 11.3. The van der Waals surface area contributed by atoms with Crippen molar-refractivity contribution in [1.82, 2.24) is 24.7 Å². The Kier molecular flexibility index (Phi) is 6.59. The average molecular weight is 497 g/mol. The zero-order valence-corrected chi connectivity index (χ0v) is 19.8. The topological polar surface area (TPSA) is 77.8 Å². The lowest BCUT2D eigenvalue weighted by Gasteiger charge is -2.15. The molecule has 1 N–H and O–H groups in total. The molecule has 0 amide bonds. The first-order valence-electron chi connectivity index (χ1n) is 11.3. The van der Waals surface area contributed by atoms with Crippen LogP contribution >= 0.6 is 11.6 Å². The Morgan fingerprint density at radius 1 is 1.17 bits per heavy atom. The van der Waals surface area contributed by atoms with E-state index in [2.05, 4.69) is 25.4 Å². The van der Waals surface area contributed by atoms with E-state index in [9.17, 15) is 8.78 Å². The standard InChI is InChI=1S/C25H23ClF2N6O/c1-15-30-14-34(33-15)21-5-2-3-6-22(21)35-12-4-11-29-24-19-10-9-18(23(19)31-25(26)32-24)17-8-7-16(27)13-20(17)28/h2-3,5-8,13-14,18H,4,9-12H2,1H3,(H,29,31,32). The summed E-state index contributed by atoms with van der Waals surface area (Å²) in [5.74, 6) is 0.576. The highest BCUT2D eigenvalue weighted by Crippen LogP contribution is 2.41. The maximum atomic E-state index is 14.4. The van der Waals surface area contributed by atoms with E-state index < -0.39 is 11.6 Å². The molecule has 0 saturated carbocycles. The molecule has 0 fully saturated rings. The Balaban J connectivity index is 1.23. The van der Waals surface area contributed by atoms with Crippen molar-refractivity contribution < 1.29 is 13.5 Å². The zero-order valence-electron chi connectivity index (χ0n) is 19.0. The second kappa shape index (κ2) is 9.95. The SMILES string of the molecule is Cc1ncn(-c2ccccc2OCCCNc2nc(Cl)nc3c2CCC3c2ccc(F)cc2F)n1. The average Bonchev–Trinajstić information content (AvgIpc) is 3.45. The second-order valence-electron chi connectivity index (χ2n) is 8.30. The van der Waals surface area contributed by atoms with Gasteiger partial charge in [0.05, 0.1) is 12.3 Å². The minimum Gasteiger partial charge on any atom is -0.491 e. The summed E-state index contributed by atoms with van der Waals surface area (Å²) in [5, 5.41) is 7.76. The number of anilines is 1. The molecule has 2 heterocycles. The van der Waals surface area contributed by atoms with Gasteiger partial charge >= 0.3 is 0 Å². The number of para-hydroxylation sites is 2. The number of aryl methyl sites for hydroxylation is 1. The van der Waals surface area contributed by atoms with Crippen molar-refractivity contribution in [2.24, 2.45) is 0 Å². The lowest BCUT2D eigenvalue weighted by molar-refractivity contribution is 0.313. The molecule has 0 radical (unpaired) electrons. The van der Waals surface area contributed by atoms with Gasteiger partial charge in [0.25, 0.3) is 0 Å². The van der Waals surface area contributed by atoms with Crippen molar-refractivity contribution >= 4 is 17.4 Å². The maximum absolute atomic E-state index is 14.4. The van der Waals surface area contributed by atoms with Crippen LogP contribution in [0.3, 0.4) is 0 Å². The molecule has 2 aromatic carbocycles. The van der Waals surface area contributed by atoms with Gasteiger partial charge in [-0.05, 0) is 61.5 Å². The van der Waals surface area contributed by atoms with E-state index in [4.69, 9.17) is 16.3 Å². The molecule has 0 aliphatic heterocycles. The summed E-state index contributed by atoms with van der Waals surface area (Å²) in [6.07, 6.45) is 3.70. The molecule has 35 heavy (non-hydrogen) atoms. The Labute approximate surface area is 206 Å². The number of nitrogens with zero attached hydrogens (tertiary/aromatic N) is 5. The van der Waals surface area contributed by atoms with Gasteiger partial charge in [-0.25, -0.2) is 28.4 Å². The number of benzene rings is 2. The van der Waals surface area contributed by atoms with Crippen LogP contribution in [0.15, 0.2) is 48.8 Å². The number of aromatic nitrogens is 5. The predicted octanol–water partition coefficient (Wildman–Crippen LogP) is 5.26. The van der Waals surface area contributed by atoms with E-state index in [0.717, 1.165) is 17.3 Å². The molecule has 7 nitrogen and oxygen atoms in total. The first-order chi connectivity index (χ1) is 17.0. The summed E-state index contributed by atoms with van der Waals surface area (Å²) >= 11 is 6.19. The molecule has 5 rings (SSSR count). The fourth-order valence-corrected chi connectivity index (χ4v) is 4.53. The van der Waals surface area contributed by atoms with Crippen molar-refractivity contribution in [2.45, 2.75) is 32.1 Å². The fraction of sp³-hybridized carbons (Fsp3) is 0.280. The summed E-state index contributed by atoms with van der Waals surface area (Å²) < 4.78 is 35.5. The minimum atomic E-state index is -0.603. The number of halogens is 3. The van der Waals surface area contributed by atoms with Gasteiger partial charge in [0.1, 0.15) is 41.0 Å². The van der Waals surface area contributed by atoms with Crippen LogP contribution in [-0.4, -0.2) is 37.9 Å². The molecule has 1 atom stereocenters. The van der Waals surface area contributed by atoms with Gasteiger partial charge in [-0.15, -0.1) is 0 Å². The van der Waals surface area contributed by atoms with E-state index >= 15 is 0 Å². The molecule has 0 bridgehead atoms. The molecule has 1 aliphatic carbocycles. The predicted molar refractivity (Wildman–Crippen MR) is 128 cm³/mol.